The van der Waals surface area contributed by atoms with E-state index >= 15 is 0 Å². The Kier molecular flexibility index (Phi) is 4.07. The van der Waals surface area contributed by atoms with Crippen molar-refractivity contribution in [2.75, 3.05) is 13.1 Å². The minimum Gasteiger partial charge on any atom is -0.444 e. The maximum Gasteiger partial charge on any atom is 0.289 e. The van der Waals surface area contributed by atoms with Gasteiger partial charge in [0.15, 0.2) is 10.4 Å². The Morgan fingerprint density at radius 1 is 1.33 bits per heavy atom. The lowest BCUT2D eigenvalue weighted by molar-refractivity contribution is -0.0518. The topological polar surface area (TPSA) is 42.7 Å². The highest BCUT2D eigenvalue weighted by Crippen LogP contribution is 2.21. The van der Waals surface area contributed by atoms with Crippen molar-refractivity contribution in [2.45, 2.75) is 12.7 Å². The first-order valence-corrected chi connectivity index (χ1v) is 7.32. The van der Waals surface area contributed by atoms with Crippen LogP contribution in [0.1, 0.15) is 16.1 Å². The number of furan rings is 1. The van der Waals surface area contributed by atoms with Gasteiger partial charge in [-0.3, -0.25) is 4.79 Å². The summed E-state index contributed by atoms with van der Waals surface area (Å²) < 4.78 is 24.8. The third-order valence-corrected chi connectivity index (χ3v) is 3.78. The molecule has 1 aromatic heterocycles. The lowest BCUT2D eigenvalue weighted by Crippen LogP contribution is -2.54. The summed E-state index contributed by atoms with van der Waals surface area (Å²) in [4.78, 5) is 13.6. The summed E-state index contributed by atoms with van der Waals surface area (Å²) in [5, 5.41) is 0. The Morgan fingerprint density at radius 2 is 2.10 bits per heavy atom. The van der Waals surface area contributed by atoms with Crippen LogP contribution in [0.2, 0.25) is 0 Å². The molecule has 0 aliphatic carbocycles. The summed E-state index contributed by atoms with van der Waals surface area (Å²) in [6.07, 6.45) is -0.0630. The molecular weight excluding hydrogens is 341 g/mol. The number of benzene rings is 1. The molecule has 2 aromatic rings. The van der Waals surface area contributed by atoms with Crippen LogP contribution >= 0.6 is 15.9 Å². The van der Waals surface area contributed by atoms with E-state index < -0.39 is 0 Å². The molecular formula is C15H13BrFNO3. The van der Waals surface area contributed by atoms with Crippen LogP contribution in [0.15, 0.2) is 45.5 Å². The van der Waals surface area contributed by atoms with Gasteiger partial charge in [-0.25, -0.2) is 4.39 Å². The molecule has 6 heteroatoms. The number of ether oxygens (including phenoxy) is 1. The molecule has 1 aliphatic rings. The van der Waals surface area contributed by atoms with Gasteiger partial charge in [0.25, 0.3) is 5.91 Å². The molecule has 1 fully saturated rings. The largest absolute Gasteiger partial charge is 0.444 e. The van der Waals surface area contributed by atoms with Crippen LogP contribution < -0.4 is 0 Å². The van der Waals surface area contributed by atoms with Gasteiger partial charge in [0.1, 0.15) is 5.82 Å². The van der Waals surface area contributed by atoms with Crippen LogP contribution in [0.5, 0.6) is 0 Å². The Bertz CT molecular complexity index is 652. The zero-order valence-corrected chi connectivity index (χ0v) is 12.7. The fourth-order valence-corrected chi connectivity index (χ4v) is 2.42. The molecule has 1 amide bonds. The number of carbonyl (C=O) groups is 1. The molecule has 2 heterocycles. The highest BCUT2D eigenvalue weighted by molar-refractivity contribution is 9.10. The molecule has 0 spiro atoms. The number of hydrogen-bond acceptors (Lipinski definition) is 3. The van der Waals surface area contributed by atoms with Crippen LogP contribution in [-0.4, -0.2) is 30.0 Å². The fraction of sp³-hybridized carbons (Fsp3) is 0.267. The van der Waals surface area contributed by atoms with E-state index in [1.165, 1.54) is 6.07 Å². The maximum atomic E-state index is 13.4. The third-order valence-electron chi connectivity index (χ3n) is 3.35. The van der Waals surface area contributed by atoms with Crippen molar-refractivity contribution in [3.63, 3.8) is 0 Å². The molecule has 1 aromatic carbocycles. The second-order valence-electron chi connectivity index (χ2n) is 4.84. The monoisotopic (exact) mass is 353 g/mol. The second-order valence-corrected chi connectivity index (χ2v) is 5.62. The molecule has 3 rings (SSSR count). The number of likely N-dealkylation sites (tertiary alicyclic amines) is 1. The summed E-state index contributed by atoms with van der Waals surface area (Å²) in [5.41, 5.74) is 0.525. The molecule has 0 saturated carbocycles. The molecule has 0 atom stereocenters. The first kappa shape index (κ1) is 14.3. The molecule has 110 valence electrons. The maximum absolute atomic E-state index is 13.4. The van der Waals surface area contributed by atoms with Crippen molar-refractivity contribution >= 4 is 21.8 Å². The number of rotatable bonds is 4. The van der Waals surface area contributed by atoms with E-state index in [9.17, 15) is 9.18 Å². The Labute approximate surface area is 129 Å². The van der Waals surface area contributed by atoms with Crippen molar-refractivity contribution in [1.29, 1.82) is 0 Å². The van der Waals surface area contributed by atoms with Crippen molar-refractivity contribution in [3.05, 3.63) is 58.2 Å². The highest BCUT2D eigenvalue weighted by Gasteiger charge is 2.33. The van der Waals surface area contributed by atoms with Crippen molar-refractivity contribution in [1.82, 2.24) is 4.90 Å². The quantitative estimate of drug-likeness (QED) is 0.847. The Hall–Kier alpha value is -1.66. The lowest BCUT2D eigenvalue weighted by Gasteiger charge is -2.38. The van der Waals surface area contributed by atoms with Crippen molar-refractivity contribution in [2.24, 2.45) is 0 Å². The average Bonchev–Trinajstić information content (AvgIpc) is 2.85. The highest BCUT2D eigenvalue weighted by atomic mass is 79.9. The predicted molar refractivity (Wildman–Crippen MR) is 77.3 cm³/mol. The van der Waals surface area contributed by atoms with Crippen molar-refractivity contribution in [3.8, 4) is 0 Å². The molecule has 1 aliphatic heterocycles. The van der Waals surface area contributed by atoms with Crippen LogP contribution in [-0.2, 0) is 11.3 Å². The second kappa shape index (κ2) is 5.99. The number of hydrogen-bond donors (Lipinski definition) is 0. The van der Waals surface area contributed by atoms with Gasteiger partial charge in [-0.2, -0.15) is 0 Å². The zero-order chi connectivity index (χ0) is 14.8. The molecule has 0 radical (unpaired) electrons. The van der Waals surface area contributed by atoms with E-state index in [2.05, 4.69) is 15.9 Å². The van der Waals surface area contributed by atoms with E-state index in [0.717, 1.165) is 0 Å². The summed E-state index contributed by atoms with van der Waals surface area (Å²) in [7, 11) is 0. The molecule has 0 N–H and O–H groups in total. The standard InChI is InChI=1S/C15H13BrFNO3/c16-14-6-5-13(21-14)15(19)18-7-11(8-18)20-9-10-3-1-2-4-12(10)17/h1-6,11H,7-9H2. The van der Waals surface area contributed by atoms with Gasteiger partial charge in [0, 0.05) is 18.7 Å². The molecule has 4 nitrogen and oxygen atoms in total. The van der Waals surface area contributed by atoms with E-state index in [0.29, 0.717) is 29.1 Å². The zero-order valence-electron chi connectivity index (χ0n) is 11.1. The molecule has 1 saturated heterocycles. The van der Waals surface area contributed by atoms with Gasteiger partial charge < -0.3 is 14.1 Å². The van der Waals surface area contributed by atoms with Crippen LogP contribution in [0.3, 0.4) is 0 Å². The van der Waals surface area contributed by atoms with Gasteiger partial charge in [0.05, 0.1) is 12.7 Å². The van der Waals surface area contributed by atoms with Crippen molar-refractivity contribution < 1.29 is 18.3 Å². The minimum absolute atomic E-state index is 0.0630. The number of amides is 1. The molecule has 0 bridgehead atoms. The predicted octanol–water partition coefficient (Wildman–Crippen LogP) is 3.22. The van der Waals surface area contributed by atoms with E-state index in [-0.39, 0.29) is 24.4 Å². The van der Waals surface area contributed by atoms with Crippen LogP contribution in [0.4, 0.5) is 4.39 Å². The molecule has 21 heavy (non-hydrogen) atoms. The first-order chi connectivity index (χ1) is 10.1. The SMILES string of the molecule is O=C(c1ccc(Br)o1)N1CC(OCc2ccccc2F)C1. The van der Waals surface area contributed by atoms with Crippen LogP contribution in [0, 0.1) is 5.82 Å². The molecule has 0 unspecified atom stereocenters. The summed E-state index contributed by atoms with van der Waals surface area (Å²) in [6.45, 7) is 1.20. The summed E-state index contributed by atoms with van der Waals surface area (Å²) in [5.74, 6) is -0.133. The number of halogens is 2. The first-order valence-electron chi connectivity index (χ1n) is 6.53. The number of carbonyl (C=O) groups excluding carboxylic acids is 1. The Balaban J connectivity index is 1.48. The minimum atomic E-state index is -0.273. The third kappa shape index (κ3) is 3.16. The van der Waals surface area contributed by atoms with Crippen LogP contribution in [0.25, 0.3) is 0 Å². The van der Waals surface area contributed by atoms with Gasteiger partial charge >= 0.3 is 0 Å². The fourth-order valence-electron chi connectivity index (χ4n) is 2.12. The summed E-state index contributed by atoms with van der Waals surface area (Å²) >= 11 is 3.16. The van der Waals surface area contributed by atoms with E-state index in [4.69, 9.17) is 9.15 Å². The number of nitrogens with zero attached hydrogens (tertiary/aromatic N) is 1. The van der Waals surface area contributed by atoms with Gasteiger partial charge in [-0.15, -0.1) is 0 Å². The van der Waals surface area contributed by atoms with Gasteiger partial charge in [-0.05, 0) is 34.1 Å². The van der Waals surface area contributed by atoms with Gasteiger partial charge in [-0.1, -0.05) is 18.2 Å². The smallest absolute Gasteiger partial charge is 0.289 e. The lowest BCUT2D eigenvalue weighted by atomic mass is 10.1. The van der Waals surface area contributed by atoms with E-state index in [1.807, 2.05) is 0 Å². The van der Waals surface area contributed by atoms with Gasteiger partial charge in [0.2, 0.25) is 0 Å². The average molecular weight is 354 g/mol. The normalized spacial score (nSPS) is 15.0. The summed E-state index contributed by atoms with van der Waals surface area (Å²) in [6, 6.07) is 9.82. The van der Waals surface area contributed by atoms with E-state index in [1.54, 1.807) is 35.2 Å². The Morgan fingerprint density at radius 3 is 2.76 bits per heavy atom.